The Morgan fingerprint density at radius 1 is 0.493 bits per heavy atom. The summed E-state index contributed by atoms with van der Waals surface area (Å²) in [5.41, 5.74) is 0.265. The molecule has 14 rings (SSSR count). The molecule has 8 aliphatic carbocycles. The Morgan fingerprint density at radius 3 is 1.20 bits per heavy atom. The summed E-state index contributed by atoms with van der Waals surface area (Å²) in [5.74, 6) is 7.51. The largest absolute Gasteiger partial charge is 0.482 e. The number of carbonyl (C=O) groups is 2. The molecule has 0 atom stereocenters. The summed E-state index contributed by atoms with van der Waals surface area (Å²) in [5, 5.41) is 0. The van der Waals surface area contributed by atoms with Crippen molar-refractivity contribution in [2.24, 2.45) is 47.3 Å². The molecule has 69 heavy (non-hydrogen) atoms. The van der Waals surface area contributed by atoms with Crippen molar-refractivity contribution in [2.45, 2.75) is 110 Å². The van der Waals surface area contributed by atoms with Crippen molar-refractivity contribution in [3.8, 4) is 45.6 Å². The molecule has 8 saturated carbocycles. The summed E-state index contributed by atoms with van der Waals surface area (Å²) < 4.78 is 77.7. The van der Waals surface area contributed by atoms with Gasteiger partial charge < -0.3 is 28.4 Å². The van der Waals surface area contributed by atoms with Crippen LogP contribution in [0.15, 0.2) is 124 Å². The third-order valence-electron chi connectivity index (χ3n) is 17.2. The van der Waals surface area contributed by atoms with E-state index in [1.54, 1.807) is 60.7 Å². The van der Waals surface area contributed by atoms with Crippen LogP contribution in [0.25, 0.3) is 11.1 Å². The van der Waals surface area contributed by atoms with Gasteiger partial charge in [0.15, 0.2) is 13.2 Å². The van der Waals surface area contributed by atoms with Crippen LogP contribution in [0, 0.1) is 47.3 Å². The average molecular weight is 959 g/mol. The first-order chi connectivity index (χ1) is 33.2. The minimum atomic E-state index is -4.44. The number of alkyl halides is 3. The predicted molar refractivity (Wildman–Crippen MR) is 254 cm³/mol. The van der Waals surface area contributed by atoms with Crippen LogP contribution in [-0.4, -0.2) is 36.4 Å². The zero-order chi connectivity index (χ0) is 47.2. The van der Waals surface area contributed by atoms with Gasteiger partial charge in [-0.25, -0.2) is 9.59 Å². The predicted octanol–water partition coefficient (Wildman–Crippen LogP) is 14.0. The van der Waals surface area contributed by atoms with Crippen LogP contribution < -0.4 is 18.9 Å². The Morgan fingerprint density at radius 2 is 0.841 bits per heavy atom. The Hall–Kier alpha value is -5.62. The molecule has 0 amide bonds. The van der Waals surface area contributed by atoms with Crippen molar-refractivity contribution < 1.29 is 51.2 Å². The minimum Gasteiger partial charge on any atom is -0.482 e. The number of carbonyl (C=O) groups excluding carboxylic acids is 2. The fourth-order valence-electron chi connectivity index (χ4n) is 14.1. The van der Waals surface area contributed by atoms with E-state index in [4.69, 9.17) is 28.4 Å². The molecule has 8 bridgehead atoms. The summed E-state index contributed by atoms with van der Waals surface area (Å²) >= 11 is 0. The van der Waals surface area contributed by atoms with E-state index < -0.39 is 33.8 Å². The lowest BCUT2D eigenvalue weighted by Crippen LogP contribution is -2.58. The minimum absolute atomic E-state index is 0.168. The van der Waals surface area contributed by atoms with Crippen LogP contribution in [0.4, 0.5) is 13.2 Å². The number of hydrogen-bond donors (Lipinski definition) is 1. The SMILES string of the molecule is CC1(OC(=O)COc2ccc(Oc3ccc4c(c3)-c3cc(Oc5ccc(OCC(=O)OC6(C)C7CC8CC(C7)CC6C8)cc5)ccc3[SH]4c3ccc(C(F)(F)F)cc3)cc2)C2CC3CC(C2)CC1C3. The van der Waals surface area contributed by atoms with Crippen molar-refractivity contribution in [1.82, 2.24) is 0 Å². The van der Waals surface area contributed by atoms with E-state index in [2.05, 4.69) is 13.8 Å². The number of ether oxygens (including phenoxy) is 6. The highest BCUT2D eigenvalue weighted by atomic mass is 32.2. The first-order valence-corrected chi connectivity index (χ1v) is 26.1. The van der Waals surface area contributed by atoms with Gasteiger partial charge in [0.05, 0.1) is 5.56 Å². The Labute approximate surface area is 403 Å². The lowest BCUT2D eigenvalue weighted by Gasteiger charge is -2.59. The molecule has 360 valence electrons. The molecule has 9 aliphatic rings. The number of hydrogen-bond acceptors (Lipinski definition) is 8. The summed E-state index contributed by atoms with van der Waals surface area (Å²) in [7, 11) is -1.20. The van der Waals surface area contributed by atoms with Gasteiger partial charge in [0.1, 0.15) is 45.7 Å². The van der Waals surface area contributed by atoms with E-state index in [-0.39, 0.29) is 25.2 Å². The van der Waals surface area contributed by atoms with Gasteiger partial charge in [-0.05, 0) is 251 Å². The van der Waals surface area contributed by atoms with Crippen LogP contribution in [0.5, 0.6) is 34.5 Å². The molecule has 0 radical (unpaired) electrons. The molecule has 0 spiro atoms. The third-order valence-corrected chi connectivity index (χ3v) is 19.7. The molecule has 0 saturated heterocycles. The molecular formula is C57H57F3O8S. The molecule has 5 aromatic carbocycles. The molecule has 1 heterocycles. The van der Waals surface area contributed by atoms with E-state index in [9.17, 15) is 22.8 Å². The fourth-order valence-corrected chi connectivity index (χ4v) is 16.6. The van der Waals surface area contributed by atoms with Crippen molar-refractivity contribution in [1.29, 1.82) is 0 Å². The Balaban J connectivity index is 0.717. The van der Waals surface area contributed by atoms with Gasteiger partial charge in [0.2, 0.25) is 0 Å². The van der Waals surface area contributed by atoms with Gasteiger partial charge in [-0.3, -0.25) is 0 Å². The first-order valence-electron chi connectivity index (χ1n) is 24.7. The maximum atomic E-state index is 13.6. The lowest BCUT2D eigenvalue weighted by molar-refractivity contribution is -0.205. The number of fused-ring (bicyclic) bond motifs is 3. The smallest absolute Gasteiger partial charge is 0.416 e. The van der Waals surface area contributed by atoms with E-state index in [0.29, 0.717) is 58.2 Å². The molecular weight excluding hydrogens is 902 g/mol. The Bertz CT molecular complexity index is 2550. The second-order valence-corrected chi connectivity index (χ2v) is 23.5. The molecule has 5 aromatic rings. The van der Waals surface area contributed by atoms with Gasteiger partial charge in [0, 0.05) is 9.79 Å². The molecule has 0 aromatic heterocycles. The van der Waals surface area contributed by atoms with Crippen LogP contribution >= 0.6 is 10.9 Å². The number of esters is 2. The molecule has 8 nitrogen and oxygen atoms in total. The molecule has 0 N–H and O–H groups in total. The lowest BCUT2D eigenvalue weighted by atomic mass is 9.50. The summed E-state index contributed by atoms with van der Waals surface area (Å²) in [6.07, 6.45) is 7.46. The summed E-state index contributed by atoms with van der Waals surface area (Å²) in [4.78, 5) is 28.9. The summed E-state index contributed by atoms with van der Waals surface area (Å²) in [6, 6.07) is 31.3. The van der Waals surface area contributed by atoms with E-state index in [1.807, 2.05) is 36.4 Å². The van der Waals surface area contributed by atoms with Crippen molar-refractivity contribution in [3.63, 3.8) is 0 Å². The van der Waals surface area contributed by atoms with Gasteiger partial charge in [-0.2, -0.15) is 24.1 Å². The Kier molecular flexibility index (Phi) is 11.0. The first kappa shape index (κ1) is 44.6. The quantitative estimate of drug-likeness (QED) is 0.0904. The van der Waals surface area contributed by atoms with Crippen molar-refractivity contribution >= 4 is 22.8 Å². The van der Waals surface area contributed by atoms with Gasteiger partial charge >= 0.3 is 18.1 Å². The highest BCUT2D eigenvalue weighted by Gasteiger charge is 2.58. The van der Waals surface area contributed by atoms with Crippen LogP contribution in [0.3, 0.4) is 0 Å². The average Bonchev–Trinajstić information content (AvgIpc) is 3.64. The normalized spacial score (nSPS) is 31.4. The molecule has 12 heteroatoms. The van der Waals surface area contributed by atoms with Gasteiger partial charge in [-0.15, -0.1) is 0 Å². The maximum absolute atomic E-state index is 13.6. The maximum Gasteiger partial charge on any atom is 0.416 e. The second kappa shape index (κ2) is 17.1. The van der Waals surface area contributed by atoms with Crippen LogP contribution in [0.1, 0.15) is 83.6 Å². The molecule has 1 aliphatic heterocycles. The third kappa shape index (κ3) is 8.42. The monoisotopic (exact) mass is 958 g/mol. The molecule has 0 unspecified atom stereocenters. The molecule has 8 fully saturated rings. The number of halogens is 3. The van der Waals surface area contributed by atoms with Crippen molar-refractivity contribution in [2.75, 3.05) is 13.2 Å². The highest BCUT2D eigenvalue weighted by Crippen LogP contribution is 2.64. The summed E-state index contributed by atoms with van der Waals surface area (Å²) in [6.45, 7) is 3.92. The zero-order valence-electron chi connectivity index (χ0n) is 38.8. The van der Waals surface area contributed by atoms with Gasteiger partial charge in [0.25, 0.3) is 0 Å². The number of benzene rings is 5. The highest BCUT2D eigenvalue weighted by molar-refractivity contribution is 8.17. The number of rotatable bonds is 13. The van der Waals surface area contributed by atoms with E-state index in [0.717, 1.165) is 113 Å². The fraction of sp³-hybridized carbons (Fsp3) is 0.439. The van der Waals surface area contributed by atoms with E-state index >= 15 is 0 Å². The van der Waals surface area contributed by atoms with Crippen molar-refractivity contribution in [3.05, 3.63) is 115 Å². The topological polar surface area (TPSA) is 89.5 Å². The number of thiol groups is 1. The van der Waals surface area contributed by atoms with E-state index in [1.165, 1.54) is 12.8 Å². The van der Waals surface area contributed by atoms with Gasteiger partial charge in [-0.1, -0.05) is 0 Å². The zero-order valence-corrected chi connectivity index (χ0v) is 39.7. The second-order valence-electron chi connectivity index (χ2n) is 21.4. The standard InChI is InChI=1S/C57H57F3O8S/c1-55(38-21-33-19-34(23-38)24-39(55)22-33)67-53(61)31-63-42-5-9-44(10-6-42)65-46-13-17-51-49(29-46)50-30-47(14-18-52(50)69(51)48-15-3-37(4-16-48)57(58,59)60)66-45-11-7-43(8-12-45)64-32-54(62)68-56(2)40-25-35-20-36(27-40)28-41(56)26-35/h3-18,29-30,33-36,38-41,69H,19-28,31-32H2,1-2H3. The van der Waals surface area contributed by atoms with Crippen LogP contribution in [-0.2, 0) is 25.2 Å². The van der Waals surface area contributed by atoms with Crippen LogP contribution in [0.2, 0.25) is 0 Å².